The van der Waals surface area contributed by atoms with Crippen molar-refractivity contribution in [3.8, 4) is 0 Å². The number of aromatic nitrogens is 1. The number of ether oxygens (including phenoxy) is 1. The van der Waals surface area contributed by atoms with Crippen molar-refractivity contribution in [1.82, 2.24) is 14.2 Å². The Kier molecular flexibility index (Phi) is 6.99. The summed E-state index contributed by atoms with van der Waals surface area (Å²) >= 11 is 1.59. The molecule has 0 saturated carbocycles. The van der Waals surface area contributed by atoms with E-state index in [0.29, 0.717) is 51.5 Å². The molecule has 0 atom stereocenters. The lowest BCUT2D eigenvalue weighted by Crippen LogP contribution is -2.39. The van der Waals surface area contributed by atoms with Gasteiger partial charge in [0, 0.05) is 70.6 Å². The number of thiazole rings is 1. The predicted octanol–water partition coefficient (Wildman–Crippen LogP) is 1.58. The summed E-state index contributed by atoms with van der Waals surface area (Å²) in [6.07, 6.45) is 2.62. The third kappa shape index (κ3) is 4.75. The van der Waals surface area contributed by atoms with Crippen LogP contribution in [0.3, 0.4) is 0 Å². The van der Waals surface area contributed by atoms with Crippen LogP contribution in [-0.4, -0.2) is 95.1 Å². The molecule has 1 aromatic heterocycles. The van der Waals surface area contributed by atoms with Crippen LogP contribution in [0.25, 0.3) is 0 Å². The van der Waals surface area contributed by atoms with Gasteiger partial charge in [0.05, 0.1) is 23.7 Å². The average molecular weight is 480 g/mol. The van der Waals surface area contributed by atoms with E-state index < -0.39 is 10.0 Å². The van der Waals surface area contributed by atoms with Crippen molar-refractivity contribution >= 4 is 38.1 Å². The molecule has 2 saturated heterocycles. The van der Waals surface area contributed by atoms with Gasteiger partial charge in [0.25, 0.3) is 5.91 Å². The fourth-order valence-electron chi connectivity index (χ4n) is 3.99. The number of benzene rings is 1. The zero-order valence-corrected chi connectivity index (χ0v) is 20.1. The zero-order valence-electron chi connectivity index (χ0n) is 18.4. The lowest BCUT2D eigenvalue weighted by molar-refractivity contribution is 0.0766. The summed E-state index contributed by atoms with van der Waals surface area (Å²) in [7, 11) is -0.663. The van der Waals surface area contributed by atoms with Gasteiger partial charge >= 0.3 is 0 Å². The number of rotatable bonds is 5. The highest BCUT2D eigenvalue weighted by atomic mass is 32.2. The van der Waals surface area contributed by atoms with Crippen molar-refractivity contribution in [1.29, 1.82) is 0 Å². The summed E-state index contributed by atoms with van der Waals surface area (Å²) in [6.45, 7) is 5.20. The number of hydrogen-bond donors (Lipinski definition) is 0. The van der Waals surface area contributed by atoms with Crippen molar-refractivity contribution in [2.24, 2.45) is 0 Å². The molecule has 0 aliphatic carbocycles. The lowest BCUT2D eigenvalue weighted by Gasteiger charge is -2.32. The minimum absolute atomic E-state index is 0.127. The Morgan fingerprint density at radius 2 is 1.84 bits per heavy atom. The zero-order chi connectivity index (χ0) is 22.7. The van der Waals surface area contributed by atoms with E-state index >= 15 is 0 Å². The van der Waals surface area contributed by atoms with Crippen LogP contribution in [-0.2, 0) is 14.8 Å². The SMILES string of the molecule is CN(C)S(=O)(=O)c1ccc(N2CCOCC2)c(C(=O)N2CCCN(c3nccs3)CC2)c1. The first kappa shape index (κ1) is 23.0. The molecule has 0 radical (unpaired) electrons. The van der Waals surface area contributed by atoms with Crippen molar-refractivity contribution in [3.63, 3.8) is 0 Å². The highest BCUT2D eigenvalue weighted by molar-refractivity contribution is 7.89. The molecule has 4 rings (SSSR count). The fourth-order valence-corrected chi connectivity index (χ4v) is 5.62. The summed E-state index contributed by atoms with van der Waals surface area (Å²) in [4.78, 5) is 24.3. The minimum Gasteiger partial charge on any atom is -0.378 e. The van der Waals surface area contributed by atoms with Crippen LogP contribution >= 0.6 is 11.3 Å². The number of carbonyl (C=O) groups excluding carboxylic acids is 1. The second kappa shape index (κ2) is 9.74. The lowest BCUT2D eigenvalue weighted by atomic mass is 10.1. The van der Waals surface area contributed by atoms with Crippen molar-refractivity contribution in [2.75, 3.05) is 76.4 Å². The van der Waals surface area contributed by atoms with Crippen LogP contribution in [0.4, 0.5) is 10.8 Å². The first-order valence-corrected chi connectivity index (χ1v) is 13.0. The van der Waals surface area contributed by atoms with Gasteiger partial charge in [0.1, 0.15) is 0 Å². The van der Waals surface area contributed by atoms with E-state index in [2.05, 4.69) is 14.8 Å². The topological polar surface area (TPSA) is 86.3 Å². The number of sulfonamides is 1. The summed E-state index contributed by atoms with van der Waals surface area (Å²) in [6, 6.07) is 4.88. The molecule has 2 fully saturated rings. The maximum absolute atomic E-state index is 13.7. The van der Waals surface area contributed by atoms with Gasteiger partial charge in [-0.1, -0.05) is 0 Å². The Labute approximate surface area is 193 Å². The van der Waals surface area contributed by atoms with E-state index in [9.17, 15) is 13.2 Å². The third-order valence-electron chi connectivity index (χ3n) is 5.80. The Hall–Kier alpha value is -2.21. The number of carbonyl (C=O) groups is 1. The maximum Gasteiger partial charge on any atom is 0.256 e. The number of amides is 1. The number of hydrogen-bond acceptors (Lipinski definition) is 8. The molecule has 32 heavy (non-hydrogen) atoms. The van der Waals surface area contributed by atoms with Gasteiger partial charge in [-0.2, -0.15) is 0 Å². The van der Waals surface area contributed by atoms with E-state index in [1.54, 1.807) is 29.7 Å². The first-order valence-electron chi connectivity index (χ1n) is 10.7. The van der Waals surface area contributed by atoms with Gasteiger partial charge in [-0.3, -0.25) is 4.79 Å². The summed E-state index contributed by atoms with van der Waals surface area (Å²) < 4.78 is 32.1. The quantitative estimate of drug-likeness (QED) is 0.644. The second-order valence-corrected chi connectivity index (χ2v) is 11.0. The predicted molar refractivity (Wildman–Crippen MR) is 125 cm³/mol. The fraction of sp³-hybridized carbons (Fsp3) is 0.524. The summed E-state index contributed by atoms with van der Waals surface area (Å²) in [5.41, 5.74) is 1.19. The molecule has 11 heteroatoms. The Morgan fingerprint density at radius 3 is 2.53 bits per heavy atom. The molecule has 9 nitrogen and oxygen atoms in total. The largest absolute Gasteiger partial charge is 0.378 e. The molecule has 2 aliphatic rings. The molecule has 0 spiro atoms. The standard InChI is InChI=1S/C21H29N5O4S2/c1-23(2)32(28,29)17-4-5-19(24-11-13-30-14-12-24)18(16-17)20(27)25-7-3-8-26(10-9-25)21-22-6-15-31-21/h4-6,15-16H,3,7-14H2,1-2H3. The van der Waals surface area contributed by atoms with Crippen LogP contribution in [0.1, 0.15) is 16.8 Å². The minimum atomic E-state index is -3.65. The summed E-state index contributed by atoms with van der Waals surface area (Å²) in [5, 5.41) is 2.92. The highest BCUT2D eigenvalue weighted by Gasteiger charge is 2.28. The molecule has 0 N–H and O–H groups in total. The number of nitrogens with zero attached hydrogens (tertiary/aromatic N) is 5. The molecule has 174 valence electrons. The van der Waals surface area contributed by atoms with Gasteiger partial charge < -0.3 is 19.4 Å². The van der Waals surface area contributed by atoms with Gasteiger partial charge in [0.15, 0.2) is 5.13 Å². The normalized spacial score (nSPS) is 18.2. The Morgan fingerprint density at radius 1 is 1.06 bits per heavy atom. The number of morpholine rings is 1. The van der Waals surface area contributed by atoms with Crippen molar-refractivity contribution in [3.05, 3.63) is 35.3 Å². The molecule has 2 aromatic rings. The van der Waals surface area contributed by atoms with E-state index in [4.69, 9.17) is 4.74 Å². The van der Waals surface area contributed by atoms with Crippen molar-refractivity contribution < 1.29 is 17.9 Å². The molecule has 3 heterocycles. The molecule has 1 aromatic carbocycles. The summed E-state index contributed by atoms with van der Waals surface area (Å²) in [5.74, 6) is -0.136. The average Bonchev–Trinajstić information content (AvgIpc) is 3.23. The Balaban J connectivity index is 1.64. The third-order valence-corrected chi connectivity index (χ3v) is 8.45. The first-order chi connectivity index (χ1) is 15.4. The molecular formula is C21H29N5O4S2. The molecular weight excluding hydrogens is 450 g/mol. The monoisotopic (exact) mass is 479 g/mol. The molecule has 2 aliphatic heterocycles. The van der Waals surface area contributed by atoms with Crippen molar-refractivity contribution in [2.45, 2.75) is 11.3 Å². The van der Waals surface area contributed by atoms with Gasteiger partial charge in [-0.05, 0) is 24.6 Å². The molecule has 0 bridgehead atoms. The van der Waals surface area contributed by atoms with Gasteiger partial charge in [-0.25, -0.2) is 17.7 Å². The van der Waals surface area contributed by atoms with Crippen LogP contribution < -0.4 is 9.80 Å². The van der Waals surface area contributed by atoms with E-state index in [0.717, 1.165) is 23.8 Å². The second-order valence-electron chi connectivity index (χ2n) is 8.01. The molecule has 1 amide bonds. The smallest absolute Gasteiger partial charge is 0.256 e. The van der Waals surface area contributed by atoms with Gasteiger partial charge in [0.2, 0.25) is 10.0 Å². The van der Waals surface area contributed by atoms with Crippen LogP contribution in [0.5, 0.6) is 0 Å². The maximum atomic E-state index is 13.7. The molecule has 0 unspecified atom stereocenters. The van der Waals surface area contributed by atoms with Crippen LogP contribution in [0.2, 0.25) is 0 Å². The highest BCUT2D eigenvalue weighted by Crippen LogP contribution is 2.28. The van der Waals surface area contributed by atoms with E-state index in [1.165, 1.54) is 24.5 Å². The Bertz CT molecular complexity index is 1040. The number of anilines is 2. The van der Waals surface area contributed by atoms with E-state index in [-0.39, 0.29) is 10.8 Å². The van der Waals surface area contributed by atoms with Crippen LogP contribution in [0, 0.1) is 0 Å². The van der Waals surface area contributed by atoms with Gasteiger partial charge in [-0.15, -0.1) is 11.3 Å². The van der Waals surface area contributed by atoms with Crippen LogP contribution in [0.15, 0.2) is 34.7 Å². The van der Waals surface area contributed by atoms with E-state index in [1.807, 2.05) is 10.3 Å².